The number of aromatic nitrogens is 3. The number of hydrogen-bond donors (Lipinski definition) is 1. The number of fused-ring (bicyclic) bond motifs is 1. The average Bonchev–Trinajstić information content (AvgIpc) is 2.95. The topological polar surface area (TPSA) is 112 Å². The maximum Gasteiger partial charge on any atom is 0.313 e. The van der Waals surface area contributed by atoms with E-state index in [1.165, 1.54) is 22.8 Å². The third kappa shape index (κ3) is 3.23. The highest BCUT2D eigenvalue weighted by Crippen LogP contribution is 2.18. The van der Waals surface area contributed by atoms with Gasteiger partial charge in [0, 0.05) is 12.3 Å². The SMILES string of the molecule is O=C(COc1ccccc1)Nc1nc2c([N+](=O)[O-])cccn2n1. The molecule has 2 heterocycles. The van der Waals surface area contributed by atoms with Crippen LogP contribution in [0.4, 0.5) is 11.6 Å². The van der Waals surface area contributed by atoms with Gasteiger partial charge in [-0.25, -0.2) is 4.52 Å². The van der Waals surface area contributed by atoms with Crippen LogP contribution in [0.5, 0.6) is 5.75 Å². The summed E-state index contributed by atoms with van der Waals surface area (Å²) in [5.41, 5.74) is -0.141. The molecule has 0 unspecified atom stereocenters. The number of hydrogen-bond acceptors (Lipinski definition) is 6. The molecule has 3 aromatic rings. The summed E-state index contributed by atoms with van der Waals surface area (Å²) in [5, 5.41) is 17.3. The number of nitro groups is 1. The Morgan fingerprint density at radius 3 is 2.78 bits per heavy atom. The van der Waals surface area contributed by atoms with E-state index in [0.717, 1.165) is 0 Å². The van der Waals surface area contributed by atoms with Crippen LogP contribution in [0.15, 0.2) is 48.7 Å². The predicted molar refractivity (Wildman–Crippen MR) is 80.2 cm³/mol. The summed E-state index contributed by atoms with van der Waals surface area (Å²) in [5.74, 6) is 0.0645. The van der Waals surface area contributed by atoms with Crippen molar-refractivity contribution in [3.05, 3.63) is 58.8 Å². The van der Waals surface area contributed by atoms with Crippen molar-refractivity contribution in [2.75, 3.05) is 11.9 Å². The van der Waals surface area contributed by atoms with Gasteiger partial charge >= 0.3 is 5.69 Å². The standard InChI is InChI=1S/C14H11N5O4/c20-12(9-23-10-5-2-1-3-6-10)15-14-16-13-11(19(21)22)7-4-8-18(13)17-14/h1-8H,9H2,(H,15,17,20). The normalized spacial score (nSPS) is 10.4. The molecule has 116 valence electrons. The van der Waals surface area contributed by atoms with Crippen LogP contribution in [0, 0.1) is 10.1 Å². The maximum atomic E-state index is 11.8. The number of para-hydroxylation sites is 1. The zero-order valence-electron chi connectivity index (χ0n) is 11.7. The number of carbonyl (C=O) groups excluding carboxylic acids is 1. The number of rotatable bonds is 5. The molecule has 0 aliphatic rings. The first-order valence-corrected chi connectivity index (χ1v) is 6.61. The fourth-order valence-electron chi connectivity index (χ4n) is 1.91. The van der Waals surface area contributed by atoms with Crippen LogP contribution in [0.2, 0.25) is 0 Å². The largest absolute Gasteiger partial charge is 0.484 e. The Morgan fingerprint density at radius 2 is 2.04 bits per heavy atom. The minimum Gasteiger partial charge on any atom is -0.484 e. The molecule has 0 saturated carbocycles. The van der Waals surface area contributed by atoms with Gasteiger partial charge in [0.2, 0.25) is 11.6 Å². The molecule has 1 amide bonds. The second-order valence-electron chi connectivity index (χ2n) is 4.50. The molecule has 1 N–H and O–H groups in total. The minimum atomic E-state index is -0.561. The Bertz CT molecular complexity index is 862. The fraction of sp³-hybridized carbons (Fsp3) is 0.0714. The summed E-state index contributed by atoms with van der Waals surface area (Å²) < 4.78 is 6.52. The number of amides is 1. The number of pyridine rings is 1. The molecular weight excluding hydrogens is 302 g/mol. The lowest BCUT2D eigenvalue weighted by Crippen LogP contribution is -2.20. The molecule has 1 aromatic carbocycles. The van der Waals surface area contributed by atoms with Crippen molar-refractivity contribution in [2.24, 2.45) is 0 Å². The van der Waals surface area contributed by atoms with E-state index in [9.17, 15) is 14.9 Å². The number of nitrogens with zero attached hydrogens (tertiary/aromatic N) is 4. The van der Waals surface area contributed by atoms with E-state index in [1.807, 2.05) is 6.07 Å². The summed E-state index contributed by atoms with van der Waals surface area (Å²) >= 11 is 0. The average molecular weight is 313 g/mol. The van der Waals surface area contributed by atoms with Crippen molar-refractivity contribution in [1.29, 1.82) is 0 Å². The zero-order valence-corrected chi connectivity index (χ0v) is 11.7. The molecule has 0 aliphatic heterocycles. The Morgan fingerprint density at radius 1 is 1.26 bits per heavy atom. The van der Waals surface area contributed by atoms with Gasteiger partial charge in [-0.15, -0.1) is 5.10 Å². The first-order valence-electron chi connectivity index (χ1n) is 6.61. The molecule has 2 aromatic heterocycles. The van der Waals surface area contributed by atoms with Crippen molar-refractivity contribution in [3.63, 3.8) is 0 Å². The third-order valence-electron chi connectivity index (χ3n) is 2.90. The van der Waals surface area contributed by atoms with E-state index in [2.05, 4.69) is 15.4 Å². The summed E-state index contributed by atoms with van der Waals surface area (Å²) in [4.78, 5) is 26.1. The van der Waals surface area contributed by atoms with Gasteiger partial charge in [-0.05, 0) is 18.2 Å². The van der Waals surface area contributed by atoms with Crippen LogP contribution in [-0.4, -0.2) is 32.0 Å². The Balaban J connectivity index is 1.70. The molecule has 9 nitrogen and oxygen atoms in total. The van der Waals surface area contributed by atoms with E-state index in [-0.39, 0.29) is 23.9 Å². The van der Waals surface area contributed by atoms with Crippen LogP contribution in [-0.2, 0) is 4.79 Å². The van der Waals surface area contributed by atoms with Gasteiger partial charge in [0.05, 0.1) is 4.92 Å². The van der Waals surface area contributed by atoms with Crippen molar-refractivity contribution in [3.8, 4) is 5.75 Å². The van der Waals surface area contributed by atoms with E-state index < -0.39 is 10.8 Å². The second kappa shape index (κ2) is 6.10. The van der Waals surface area contributed by atoms with E-state index >= 15 is 0 Å². The van der Waals surface area contributed by atoms with Crippen LogP contribution in [0.25, 0.3) is 5.65 Å². The first-order chi connectivity index (χ1) is 11.1. The van der Waals surface area contributed by atoms with Gasteiger partial charge < -0.3 is 4.74 Å². The second-order valence-corrected chi connectivity index (χ2v) is 4.50. The van der Waals surface area contributed by atoms with Crippen molar-refractivity contribution in [1.82, 2.24) is 14.6 Å². The molecule has 0 bridgehead atoms. The summed E-state index contributed by atoms with van der Waals surface area (Å²) in [6, 6.07) is 11.6. The summed E-state index contributed by atoms with van der Waals surface area (Å²) in [6.45, 7) is -0.221. The minimum absolute atomic E-state index is 0.0269. The van der Waals surface area contributed by atoms with Gasteiger partial charge in [-0.2, -0.15) is 4.98 Å². The summed E-state index contributed by atoms with van der Waals surface area (Å²) in [6.07, 6.45) is 1.51. The molecule has 3 rings (SSSR count). The number of anilines is 1. The highest BCUT2D eigenvalue weighted by atomic mass is 16.6. The Hall–Kier alpha value is -3.49. The lowest BCUT2D eigenvalue weighted by atomic mass is 10.3. The van der Waals surface area contributed by atoms with Gasteiger partial charge in [0.1, 0.15) is 5.75 Å². The van der Waals surface area contributed by atoms with Gasteiger partial charge in [-0.3, -0.25) is 20.2 Å². The van der Waals surface area contributed by atoms with E-state index in [4.69, 9.17) is 4.74 Å². The number of benzene rings is 1. The van der Waals surface area contributed by atoms with Crippen LogP contribution >= 0.6 is 0 Å². The number of ether oxygens (including phenoxy) is 1. The number of nitrogens with one attached hydrogen (secondary N) is 1. The quantitative estimate of drug-likeness (QED) is 0.566. The molecule has 0 saturated heterocycles. The van der Waals surface area contributed by atoms with E-state index in [0.29, 0.717) is 5.75 Å². The third-order valence-corrected chi connectivity index (χ3v) is 2.90. The highest BCUT2D eigenvalue weighted by Gasteiger charge is 2.17. The Labute approximate surface area is 129 Å². The lowest BCUT2D eigenvalue weighted by molar-refractivity contribution is -0.383. The molecule has 23 heavy (non-hydrogen) atoms. The Kier molecular flexibility index (Phi) is 3.83. The van der Waals surface area contributed by atoms with Crippen LogP contribution in [0.3, 0.4) is 0 Å². The van der Waals surface area contributed by atoms with Gasteiger partial charge in [0.25, 0.3) is 5.91 Å². The van der Waals surface area contributed by atoms with Gasteiger partial charge in [0.15, 0.2) is 6.61 Å². The van der Waals surface area contributed by atoms with E-state index in [1.54, 1.807) is 24.3 Å². The molecule has 9 heteroatoms. The van der Waals surface area contributed by atoms with Crippen molar-refractivity contribution >= 4 is 23.2 Å². The van der Waals surface area contributed by atoms with Crippen LogP contribution in [0.1, 0.15) is 0 Å². The van der Waals surface area contributed by atoms with Crippen molar-refractivity contribution in [2.45, 2.75) is 0 Å². The molecule has 0 radical (unpaired) electrons. The fourth-order valence-corrected chi connectivity index (χ4v) is 1.91. The maximum absolute atomic E-state index is 11.8. The lowest BCUT2D eigenvalue weighted by Gasteiger charge is -2.04. The van der Waals surface area contributed by atoms with Crippen LogP contribution < -0.4 is 10.1 Å². The van der Waals surface area contributed by atoms with Gasteiger partial charge in [-0.1, -0.05) is 18.2 Å². The highest BCUT2D eigenvalue weighted by molar-refractivity contribution is 5.90. The number of carbonyl (C=O) groups is 1. The first kappa shape index (κ1) is 14.4. The molecular formula is C14H11N5O4. The zero-order chi connectivity index (χ0) is 16.2. The summed E-state index contributed by atoms with van der Waals surface area (Å²) in [7, 11) is 0. The molecule has 0 atom stereocenters. The molecule has 0 spiro atoms. The van der Waals surface area contributed by atoms with Crippen molar-refractivity contribution < 1.29 is 14.5 Å². The molecule has 0 aliphatic carbocycles. The predicted octanol–water partition coefficient (Wildman–Crippen LogP) is 1.65. The smallest absolute Gasteiger partial charge is 0.313 e. The monoisotopic (exact) mass is 313 g/mol. The molecule has 0 fully saturated rings.